The number of fused-ring (bicyclic) bond motifs is 1. The third-order valence-corrected chi connectivity index (χ3v) is 4.09. The molecule has 0 unspecified atom stereocenters. The number of ketones is 1. The van der Waals surface area contributed by atoms with Crippen LogP contribution in [0.1, 0.15) is 22.3 Å². The molecule has 18 heavy (non-hydrogen) atoms. The summed E-state index contributed by atoms with van der Waals surface area (Å²) in [6, 6.07) is 5.93. The smallest absolute Gasteiger partial charge is 0.171 e. The molecular weight excluding hydrogens is 246 g/mol. The van der Waals surface area contributed by atoms with E-state index in [1.165, 1.54) is 11.3 Å². The zero-order valence-electron chi connectivity index (χ0n) is 10.0. The van der Waals surface area contributed by atoms with Crippen LogP contribution in [-0.2, 0) is 0 Å². The molecule has 0 aliphatic heterocycles. The van der Waals surface area contributed by atoms with E-state index in [-0.39, 0.29) is 5.78 Å². The maximum absolute atomic E-state index is 11.4. The van der Waals surface area contributed by atoms with E-state index in [0.29, 0.717) is 0 Å². The number of H-pyrrole nitrogens is 1. The van der Waals surface area contributed by atoms with E-state index >= 15 is 0 Å². The maximum atomic E-state index is 11.4. The van der Waals surface area contributed by atoms with E-state index in [9.17, 15) is 4.79 Å². The molecule has 4 nitrogen and oxygen atoms in total. The molecule has 0 saturated carbocycles. The summed E-state index contributed by atoms with van der Waals surface area (Å²) >= 11 is 1.44. The van der Waals surface area contributed by atoms with Gasteiger partial charge in [0.15, 0.2) is 5.78 Å². The lowest BCUT2D eigenvalue weighted by atomic mass is 10.2. The molecule has 0 bridgehead atoms. The summed E-state index contributed by atoms with van der Waals surface area (Å²) in [6.45, 7) is 3.44. The zero-order valence-corrected chi connectivity index (χ0v) is 10.8. The molecule has 1 N–H and O–H groups in total. The summed E-state index contributed by atoms with van der Waals surface area (Å²) in [5, 5.41) is 0.870. The standard InChI is InChI=1S/C13H11N3OS/c1-7-12(8(2)17)18-13(16-7)9-3-4-10-11(5-9)15-6-14-10/h3-6H,1-2H3,(H,14,15). The summed E-state index contributed by atoms with van der Waals surface area (Å²) in [5.74, 6) is 0.0684. The van der Waals surface area contributed by atoms with E-state index in [4.69, 9.17) is 0 Å². The molecule has 3 aromatic rings. The van der Waals surface area contributed by atoms with Gasteiger partial charge < -0.3 is 4.98 Å². The van der Waals surface area contributed by atoms with Crippen LogP contribution < -0.4 is 0 Å². The molecular formula is C13H11N3OS. The van der Waals surface area contributed by atoms with Crippen molar-refractivity contribution in [3.63, 3.8) is 0 Å². The molecule has 0 spiro atoms. The average Bonchev–Trinajstić information content (AvgIpc) is 2.93. The fourth-order valence-corrected chi connectivity index (χ4v) is 2.87. The fourth-order valence-electron chi connectivity index (χ4n) is 1.92. The topological polar surface area (TPSA) is 58.6 Å². The largest absolute Gasteiger partial charge is 0.345 e. The molecule has 5 heteroatoms. The van der Waals surface area contributed by atoms with E-state index in [1.54, 1.807) is 13.3 Å². The van der Waals surface area contributed by atoms with Gasteiger partial charge in [-0.15, -0.1) is 11.3 Å². The molecule has 0 aliphatic carbocycles. The van der Waals surface area contributed by atoms with Gasteiger partial charge in [0, 0.05) is 12.5 Å². The van der Waals surface area contributed by atoms with Gasteiger partial charge in [-0.25, -0.2) is 9.97 Å². The van der Waals surface area contributed by atoms with Gasteiger partial charge >= 0.3 is 0 Å². The Bertz CT molecular complexity index is 742. The highest BCUT2D eigenvalue weighted by Gasteiger charge is 2.13. The molecule has 2 aromatic heterocycles. The van der Waals surface area contributed by atoms with Gasteiger partial charge in [-0.2, -0.15) is 0 Å². The highest BCUT2D eigenvalue weighted by molar-refractivity contribution is 7.17. The van der Waals surface area contributed by atoms with E-state index in [2.05, 4.69) is 15.0 Å². The van der Waals surface area contributed by atoms with Crippen LogP contribution in [0.3, 0.4) is 0 Å². The third kappa shape index (κ3) is 1.73. The zero-order chi connectivity index (χ0) is 12.7. The van der Waals surface area contributed by atoms with Gasteiger partial charge in [-0.05, 0) is 25.1 Å². The lowest BCUT2D eigenvalue weighted by molar-refractivity contribution is 0.102. The first-order valence-electron chi connectivity index (χ1n) is 5.57. The van der Waals surface area contributed by atoms with Crippen LogP contribution in [0.5, 0.6) is 0 Å². The van der Waals surface area contributed by atoms with Gasteiger partial charge in [0.25, 0.3) is 0 Å². The number of rotatable bonds is 2. The summed E-state index contributed by atoms with van der Waals surface area (Å²) in [5.41, 5.74) is 3.71. The van der Waals surface area contributed by atoms with Crippen molar-refractivity contribution in [2.45, 2.75) is 13.8 Å². The predicted molar refractivity (Wildman–Crippen MR) is 71.9 cm³/mol. The average molecular weight is 257 g/mol. The maximum Gasteiger partial charge on any atom is 0.171 e. The molecule has 90 valence electrons. The SMILES string of the molecule is CC(=O)c1sc(-c2ccc3nc[nH]c3c2)nc1C. The van der Waals surface area contributed by atoms with Crippen molar-refractivity contribution >= 4 is 28.2 Å². The molecule has 0 atom stereocenters. The van der Waals surface area contributed by atoms with Crippen molar-refractivity contribution in [3.05, 3.63) is 35.1 Å². The second-order valence-corrected chi connectivity index (χ2v) is 5.12. The molecule has 0 aliphatic rings. The molecule has 1 aromatic carbocycles. The van der Waals surface area contributed by atoms with Crippen LogP contribution in [0, 0.1) is 6.92 Å². The summed E-state index contributed by atoms with van der Waals surface area (Å²) in [7, 11) is 0. The third-order valence-electron chi connectivity index (χ3n) is 2.78. The Morgan fingerprint density at radius 3 is 2.94 bits per heavy atom. The molecule has 0 fully saturated rings. The number of imidazole rings is 1. The Labute approximate surface area is 108 Å². The van der Waals surface area contributed by atoms with Crippen LogP contribution in [-0.4, -0.2) is 20.7 Å². The monoisotopic (exact) mass is 257 g/mol. The fraction of sp³-hybridized carbons (Fsp3) is 0.154. The van der Waals surface area contributed by atoms with Crippen LogP contribution in [0.25, 0.3) is 21.6 Å². The van der Waals surface area contributed by atoms with Crippen molar-refractivity contribution in [2.24, 2.45) is 0 Å². The predicted octanol–water partition coefficient (Wildman–Crippen LogP) is 3.20. The first-order valence-corrected chi connectivity index (χ1v) is 6.38. The Morgan fingerprint density at radius 2 is 2.22 bits per heavy atom. The van der Waals surface area contributed by atoms with E-state index in [0.717, 1.165) is 32.2 Å². The van der Waals surface area contributed by atoms with Crippen molar-refractivity contribution in [1.82, 2.24) is 15.0 Å². The van der Waals surface area contributed by atoms with Crippen LogP contribution in [0.4, 0.5) is 0 Å². The Hall–Kier alpha value is -2.01. The molecule has 0 saturated heterocycles. The van der Waals surface area contributed by atoms with Gasteiger partial charge in [0.05, 0.1) is 27.9 Å². The number of hydrogen-bond donors (Lipinski definition) is 1. The number of carbonyl (C=O) groups excluding carboxylic acids is 1. The van der Waals surface area contributed by atoms with Crippen molar-refractivity contribution in [3.8, 4) is 10.6 Å². The minimum atomic E-state index is 0.0684. The minimum Gasteiger partial charge on any atom is -0.345 e. The number of aromatic nitrogens is 3. The number of benzene rings is 1. The number of hydrogen-bond acceptors (Lipinski definition) is 4. The van der Waals surface area contributed by atoms with E-state index in [1.807, 2.05) is 25.1 Å². The molecule has 0 amide bonds. The van der Waals surface area contributed by atoms with Crippen LogP contribution in [0.15, 0.2) is 24.5 Å². The normalized spacial score (nSPS) is 11.0. The number of nitrogens with one attached hydrogen (secondary N) is 1. The number of aryl methyl sites for hydroxylation is 1. The Kier molecular flexibility index (Phi) is 2.48. The number of nitrogens with zero attached hydrogens (tertiary/aromatic N) is 2. The number of Topliss-reactive ketones (excluding diaryl/α,β-unsaturated/α-hetero) is 1. The van der Waals surface area contributed by atoms with Crippen molar-refractivity contribution in [2.75, 3.05) is 0 Å². The van der Waals surface area contributed by atoms with Gasteiger partial charge in [0.1, 0.15) is 5.01 Å². The second-order valence-electron chi connectivity index (χ2n) is 4.12. The minimum absolute atomic E-state index is 0.0684. The number of thiazole rings is 1. The first-order chi connectivity index (χ1) is 8.65. The quantitative estimate of drug-likeness (QED) is 0.717. The summed E-state index contributed by atoms with van der Waals surface area (Å²) in [4.78, 5) is 23.9. The highest BCUT2D eigenvalue weighted by Crippen LogP contribution is 2.29. The summed E-state index contributed by atoms with van der Waals surface area (Å²) < 4.78 is 0. The second kappa shape index (κ2) is 4.03. The van der Waals surface area contributed by atoms with Gasteiger partial charge in [0.2, 0.25) is 0 Å². The van der Waals surface area contributed by atoms with Crippen LogP contribution in [0.2, 0.25) is 0 Å². The summed E-state index contributed by atoms with van der Waals surface area (Å²) in [6.07, 6.45) is 1.67. The number of carbonyl (C=O) groups is 1. The highest BCUT2D eigenvalue weighted by atomic mass is 32.1. The van der Waals surface area contributed by atoms with Crippen molar-refractivity contribution in [1.29, 1.82) is 0 Å². The molecule has 0 radical (unpaired) electrons. The first kappa shape index (κ1) is 11.1. The Balaban J connectivity index is 2.13. The lowest BCUT2D eigenvalue weighted by Crippen LogP contribution is -1.89. The Morgan fingerprint density at radius 1 is 1.39 bits per heavy atom. The van der Waals surface area contributed by atoms with Gasteiger partial charge in [-0.3, -0.25) is 4.79 Å². The van der Waals surface area contributed by atoms with Crippen molar-refractivity contribution < 1.29 is 4.79 Å². The molecule has 3 rings (SSSR count). The van der Waals surface area contributed by atoms with E-state index < -0.39 is 0 Å². The molecule has 2 heterocycles. The number of aromatic amines is 1. The van der Waals surface area contributed by atoms with Crippen LogP contribution >= 0.6 is 11.3 Å². The van der Waals surface area contributed by atoms with Gasteiger partial charge in [-0.1, -0.05) is 0 Å². The lowest BCUT2D eigenvalue weighted by Gasteiger charge is -1.95.